The van der Waals surface area contributed by atoms with Crippen molar-refractivity contribution in [3.05, 3.63) is 0 Å². The zero-order chi connectivity index (χ0) is 13.8. The van der Waals surface area contributed by atoms with Crippen molar-refractivity contribution < 1.29 is 13.2 Å². The van der Waals surface area contributed by atoms with Crippen molar-refractivity contribution in [2.45, 2.75) is 38.9 Å². The third-order valence-corrected chi connectivity index (χ3v) is 5.23. The summed E-state index contributed by atoms with van der Waals surface area (Å²) in [5, 5.41) is 0. The average Bonchev–Trinajstić information content (AvgIpc) is 2.26. The number of alkyl halides is 1. The number of hydrogen-bond donors (Lipinski definition) is 0. The molecule has 1 aliphatic heterocycles. The number of morpholine rings is 1. The molecule has 6 heteroatoms. The third kappa shape index (κ3) is 5.43. The van der Waals surface area contributed by atoms with Gasteiger partial charge in [0.25, 0.3) is 0 Å². The van der Waals surface area contributed by atoms with E-state index in [2.05, 4.69) is 4.90 Å². The maximum Gasteiger partial charge on any atom is 0.150 e. The molecule has 18 heavy (non-hydrogen) atoms. The minimum Gasteiger partial charge on any atom is -0.368 e. The van der Waals surface area contributed by atoms with Gasteiger partial charge in [0.1, 0.15) is 9.84 Å². The van der Waals surface area contributed by atoms with Crippen LogP contribution < -0.4 is 0 Å². The first-order valence-electron chi connectivity index (χ1n) is 6.44. The summed E-state index contributed by atoms with van der Waals surface area (Å²) in [4.78, 5) is 2.25. The summed E-state index contributed by atoms with van der Waals surface area (Å²) >= 11 is 5.85. The summed E-state index contributed by atoms with van der Waals surface area (Å²) in [6.07, 6.45) is 0.722. The summed E-state index contributed by atoms with van der Waals surface area (Å²) in [5.41, 5.74) is -0.207. The molecule has 1 rings (SSSR count). The first kappa shape index (κ1) is 16.2. The molecule has 0 aromatic heterocycles. The maximum absolute atomic E-state index is 11.4. The van der Waals surface area contributed by atoms with Crippen LogP contribution in [-0.4, -0.2) is 62.0 Å². The fourth-order valence-corrected chi connectivity index (χ4v) is 3.34. The fraction of sp³-hybridized carbons (Fsp3) is 1.00. The SMILES string of the molecule is CCS(=O)(=O)CCCN1CC(CCl)OC(C)(C)C1. The van der Waals surface area contributed by atoms with Crippen molar-refractivity contribution in [1.82, 2.24) is 4.90 Å². The van der Waals surface area contributed by atoms with Crippen LogP contribution in [-0.2, 0) is 14.6 Å². The van der Waals surface area contributed by atoms with Crippen molar-refractivity contribution in [2.75, 3.05) is 37.0 Å². The van der Waals surface area contributed by atoms with Crippen molar-refractivity contribution in [3.8, 4) is 0 Å². The Kier molecular flexibility index (Phi) is 5.90. The molecule has 1 unspecified atom stereocenters. The van der Waals surface area contributed by atoms with Crippen molar-refractivity contribution in [3.63, 3.8) is 0 Å². The highest BCUT2D eigenvalue weighted by molar-refractivity contribution is 7.91. The van der Waals surface area contributed by atoms with E-state index in [-0.39, 0.29) is 23.2 Å². The normalized spacial score (nSPS) is 25.2. The minimum absolute atomic E-state index is 0.0400. The fourth-order valence-electron chi connectivity index (χ4n) is 2.32. The van der Waals surface area contributed by atoms with E-state index in [1.165, 1.54) is 0 Å². The number of sulfone groups is 1. The molecule has 4 nitrogen and oxygen atoms in total. The Labute approximate surface area is 116 Å². The summed E-state index contributed by atoms with van der Waals surface area (Å²) in [7, 11) is -2.85. The standard InChI is InChI=1S/C12H24ClNO3S/c1-4-18(15,16)7-5-6-14-9-11(8-13)17-12(2,3)10-14/h11H,4-10H2,1-3H3. The zero-order valence-electron chi connectivity index (χ0n) is 11.5. The Morgan fingerprint density at radius 2 is 2.11 bits per heavy atom. The number of hydrogen-bond acceptors (Lipinski definition) is 4. The number of ether oxygens (including phenoxy) is 1. The topological polar surface area (TPSA) is 46.6 Å². The predicted octanol–water partition coefficient (Wildman–Crippen LogP) is 1.53. The van der Waals surface area contributed by atoms with E-state index in [0.717, 1.165) is 19.6 Å². The zero-order valence-corrected chi connectivity index (χ0v) is 13.1. The largest absolute Gasteiger partial charge is 0.368 e. The van der Waals surface area contributed by atoms with Gasteiger partial charge in [-0.1, -0.05) is 6.92 Å². The van der Waals surface area contributed by atoms with Crippen LogP contribution in [0.5, 0.6) is 0 Å². The van der Waals surface area contributed by atoms with E-state index in [9.17, 15) is 8.42 Å². The van der Waals surface area contributed by atoms with Gasteiger partial charge in [-0.25, -0.2) is 8.42 Å². The molecule has 108 valence electrons. The van der Waals surface area contributed by atoms with Crippen molar-refractivity contribution >= 4 is 21.4 Å². The summed E-state index contributed by atoms with van der Waals surface area (Å²) in [6, 6.07) is 0. The highest BCUT2D eigenvalue weighted by Crippen LogP contribution is 2.21. The Hall–Kier alpha value is 0.160. The van der Waals surface area contributed by atoms with Crippen LogP contribution in [0, 0.1) is 0 Å². The van der Waals surface area contributed by atoms with Crippen molar-refractivity contribution in [1.29, 1.82) is 0 Å². The predicted molar refractivity (Wildman–Crippen MR) is 75.1 cm³/mol. The minimum atomic E-state index is -2.85. The Bertz CT molecular complexity index is 356. The molecule has 0 N–H and O–H groups in total. The van der Waals surface area contributed by atoms with Crippen LogP contribution in [0.15, 0.2) is 0 Å². The Morgan fingerprint density at radius 3 is 2.67 bits per heavy atom. The molecule has 1 fully saturated rings. The monoisotopic (exact) mass is 297 g/mol. The molecule has 1 heterocycles. The highest BCUT2D eigenvalue weighted by Gasteiger charge is 2.32. The lowest BCUT2D eigenvalue weighted by atomic mass is 10.1. The molecule has 0 spiro atoms. The van der Waals surface area contributed by atoms with E-state index >= 15 is 0 Å². The second kappa shape index (κ2) is 6.55. The second-order valence-electron chi connectivity index (χ2n) is 5.48. The van der Waals surface area contributed by atoms with Crippen LogP contribution in [0.3, 0.4) is 0 Å². The van der Waals surface area contributed by atoms with E-state index in [0.29, 0.717) is 12.3 Å². The lowest BCUT2D eigenvalue weighted by Crippen LogP contribution is -2.53. The first-order chi connectivity index (χ1) is 8.28. The first-order valence-corrected chi connectivity index (χ1v) is 8.80. The molecule has 1 aliphatic rings. The van der Waals surface area contributed by atoms with Gasteiger partial charge in [-0.2, -0.15) is 0 Å². The van der Waals surface area contributed by atoms with Gasteiger partial charge in [-0.05, 0) is 26.8 Å². The molecule has 1 saturated heterocycles. The van der Waals surface area contributed by atoms with Crippen LogP contribution in [0.1, 0.15) is 27.2 Å². The molecule has 0 aromatic rings. The highest BCUT2D eigenvalue weighted by atomic mass is 35.5. The molecule has 1 atom stereocenters. The molecule has 0 aliphatic carbocycles. The average molecular weight is 298 g/mol. The molecule has 0 aromatic carbocycles. The van der Waals surface area contributed by atoms with Crippen molar-refractivity contribution in [2.24, 2.45) is 0 Å². The van der Waals surface area contributed by atoms with Gasteiger partial charge in [0.05, 0.1) is 17.5 Å². The van der Waals surface area contributed by atoms with Gasteiger partial charge in [0.15, 0.2) is 0 Å². The van der Waals surface area contributed by atoms with Gasteiger partial charge in [-0.15, -0.1) is 11.6 Å². The molecular weight excluding hydrogens is 274 g/mol. The van der Waals surface area contributed by atoms with Gasteiger partial charge >= 0.3 is 0 Å². The van der Waals surface area contributed by atoms with Gasteiger partial charge < -0.3 is 4.74 Å². The van der Waals surface area contributed by atoms with E-state index < -0.39 is 9.84 Å². The molecule has 0 saturated carbocycles. The maximum atomic E-state index is 11.4. The van der Waals surface area contributed by atoms with E-state index in [1.807, 2.05) is 13.8 Å². The van der Waals surface area contributed by atoms with Crippen LogP contribution >= 0.6 is 11.6 Å². The quantitative estimate of drug-likeness (QED) is 0.698. The van der Waals surface area contributed by atoms with Crippen LogP contribution in [0.2, 0.25) is 0 Å². The lowest BCUT2D eigenvalue weighted by Gasteiger charge is -2.42. The lowest BCUT2D eigenvalue weighted by molar-refractivity contribution is -0.127. The molecule has 0 amide bonds. The van der Waals surface area contributed by atoms with E-state index in [4.69, 9.17) is 16.3 Å². The summed E-state index contributed by atoms with van der Waals surface area (Å²) in [6.45, 7) is 8.19. The Morgan fingerprint density at radius 1 is 1.44 bits per heavy atom. The van der Waals surface area contributed by atoms with E-state index in [1.54, 1.807) is 6.92 Å². The number of halogens is 1. The third-order valence-electron chi connectivity index (χ3n) is 3.09. The summed E-state index contributed by atoms with van der Waals surface area (Å²) in [5.74, 6) is 0.978. The second-order valence-corrected chi connectivity index (χ2v) is 8.26. The van der Waals surface area contributed by atoms with Crippen LogP contribution in [0.4, 0.5) is 0 Å². The van der Waals surface area contributed by atoms with Gasteiger partial charge in [0.2, 0.25) is 0 Å². The molecular formula is C12H24ClNO3S. The smallest absolute Gasteiger partial charge is 0.150 e. The van der Waals surface area contributed by atoms with Gasteiger partial charge in [-0.3, -0.25) is 4.90 Å². The Balaban J connectivity index is 2.42. The molecule has 0 radical (unpaired) electrons. The number of rotatable bonds is 6. The van der Waals surface area contributed by atoms with Crippen LogP contribution in [0.25, 0.3) is 0 Å². The molecule has 0 bridgehead atoms. The number of nitrogens with zero attached hydrogens (tertiary/aromatic N) is 1. The van der Waals surface area contributed by atoms with Gasteiger partial charge in [0, 0.05) is 24.7 Å². The summed E-state index contributed by atoms with van der Waals surface area (Å²) < 4.78 is 28.7.